The van der Waals surface area contributed by atoms with Crippen LogP contribution >= 0.6 is 0 Å². The predicted octanol–water partition coefficient (Wildman–Crippen LogP) is 2.06. The molecule has 0 radical (unpaired) electrons. The van der Waals surface area contributed by atoms with Crippen LogP contribution < -0.4 is 5.32 Å². The first-order chi connectivity index (χ1) is 9.12. The molecule has 0 bridgehead atoms. The van der Waals surface area contributed by atoms with Crippen molar-refractivity contribution < 1.29 is 4.74 Å². The van der Waals surface area contributed by atoms with Crippen LogP contribution in [0.15, 0.2) is 24.3 Å². The number of hydrogen-bond acceptors (Lipinski definition) is 3. The van der Waals surface area contributed by atoms with Gasteiger partial charge in [-0.1, -0.05) is 24.3 Å². The summed E-state index contributed by atoms with van der Waals surface area (Å²) in [5, 5.41) is 3.19. The summed E-state index contributed by atoms with van der Waals surface area (Å²) in [6, 6.07) is 9.02. The van der Waals surface area contributed by atoms with Crippen LogP contribution in [0.25, 0.3) is 0 Å². The van der Waals surface area contributed by atoms with Crippen molar-refractivity contribution in [2.75, 3.05) is 33.4 Å². The van der Waals surface area contributed by atoms with Crippen LogP contribution in [-0.4, -0.2) is 43.8 Å². The zero-order chi connectivity index (χ0) is 13.7. The monoisotopic (exact) mass is 262 g/mol. The molecule has 1 fully saturated rings. The van der Waals surface area contributed by atoms with E-state index in [4.69, 9.17) is 4.74 Å². The molecule has 0 amide bonds. The molecule has 106 valence electrons. The summed E-state index contributed by atoms with van der Waals surface area (Å²) in [5.41, 5.74) is 2.94. The van der Waals surface area contributed by atoms with E-state index in [0.29, 0.717) is 0 Å². The molecule has 3 nitrogen and oxygen atoms in total. The van der Waals surface area contributed by atoms with Gasteiger partial charge in [-0.2, -0.15) is 0 Å². The number of ether oxygens (including phenoxy) is 1. The van der Waals surface area contributed by atoms with Crippen molar-refractivity contribution in [1.82, 2.24) is 10.2 Å². The van der Waals surface area contributed by atoms with Gasteiger partial charge in [-0.25, -0.2) is 0 Å². The molecule has 1 aromatic carbocycles. The first kappa shape index (κ1) is 14.5. The Bertz CT molecular complexity index is 386. The van der Waals surface area contributed by atoms with Crippen LogP contribution in [0.1, 0.15) is 25.0 Å². The van der Waals surface area contributed by atoms with E-state index >= 15 is 0 Å². The van der Waals surface area contributed by atoms with Crippen molar-refractivity contribution in [3.8, 4) is 0 Å². The third-order valence-corrected chi connectivity index (χ3v) is 3.88. The minimum atomic E-state index is 0.142. The van der Waals surface area contributed by atoms with Crippen molar-refractivity contribution in [2.45, 2.75) is 32.4 Å². The molecule has 1 N–H and O–H groups in total. The molecular formula is C16H26N2O. The molecule has 1 aliphatic rings. The van der Waals surface area contributed by atoms with Crippen molar-refractivity contribution >= 4 is 0 Å². The number of rotatable bonds is 5. The molecule has 3 heteroatoms. The number of benzene rings is 1. The first-order valence-corrected chi connectivity index (χ1v) is 7.17. The lowest BCUT2D eigenvalue weighted by Gasteiger charge is -2.42. The topological polar surface area (TPSA) is 24.5 Å². The fraction of sp³-hybridized carbons (Fsp3) is 0.625. The summed E-state index contributed by atoms with van der Waals surface area (Å²) in [5.74, 6) is 0. The molecular weight excluding hydrogens is 236 g/mol. The SMILES string of the molecule is CNCCc1ccc(CN2CCOCC2(C)C)cc1. The Balaban J connectivity index is 1.95. The lowest BCUT2D eigenvalue weighted by Crippen LogP contribution is -2.52. The maximum Gasteiger partial charge on any atom is 0.0645 e. The number of morpholine rings is 1. The minimum Gasteiger partial charge on any atom is -0.378 e. The molecule has 19 heavy (non-hydrogen) atoms. The summed E-state index contributed by atoms with van der Waals surface area (Å²) in [7, 11) is 1.99. The molecule has 1 aromatic rings. The summed E-state index contributed by atoms with van der Waals surface area (Å²) in [6.07, 6.45) is 1.10. The molecule has 2 rings (SSSR count). The quantitative estimate of drug-likeness (QED) is 0.879. The largest absolute Gasteiger partial charge is 0.378 e. The van der Waals surface area contributed by atoms with Crippen LogP contribution in [-0.2, 0) is 17.7 Å². The van der Waals surface area contributed by atoms with Gasteiger partial charge in [0.1, 0.15) is 0 Å². The van der Waals surface area contributed by atoms with E-state index in [-0.39, 0.29) is 5.54 Å². The van der Waals surface area contributed by atoms with Gasteiger partial charge in [0.05, 0.1) is 13.2 Å². The molecule has 0 spiro atoms. The smallest absolute Gasteiger partial charge is 0.0645 e. The molecule has 1 saturated heterocycles. The molecule has 1 aliphatic heterocycles. The number of nitrogens with zero attached hydrogens (tertiary/aromatic N) is 1. The highest BCUT2D eigenvalue weighted by Gasteiger charge is 2.30. The van der Waals surface area contributed by atoms with E-state index in [2.05, 4.69) is 48.3 Å². The van der Waals surface area contributed by atoms with Gasteiger partial charge in [-0.05, 0) is 45.0 Å². The second kappa shape index (κ2) is 6.51. The van der Waals surface area contributed by atoms with Gasteiger partial charge >= 0.3 is 0 Å². The molecule has 0 saturated carbocycles. The van der Waals surface area contributed by atoms with Crippen LogP contribution in [0.2, 0.25) is 0 Å². The number of hydrogen-bond donors (Lipinski definition) is 1. The molecule has 1 heterocycles. The van der Waals surface area contributed by atoms with Gasteiger partial charge in [0.15, 0.2) is 0 Å². The second-order valence-electron chi connectivity index (χ2n) is 5.96. The van der Waals surface area contributed by atoms with Gasteiger partial charge in [0.25, 0.3) is 0 Å². The molecule has 0 aliphatic carbocycles. The van der Waals surface area contributed by atoms with Gasteiger partial charge in [0.2, 0.25) is 0 Å². The van der Waals surface area contributed by atoms with E-state index in [1.807, 2.05) is 7.05 Å². The molecule has 0 atom stereocenters. The normalized spacial score (nSPS) is 19.5. The van der Waals surface area contributed by atoms with E-state index in [1.54, 1.807) is 0 Å². The lowest BCUT2D eigenvalue weighted by molar-refractivity contribution is -0.0552. The van der Waals surface area contributed by atoms with Crippen LogP contribution in [0.5, 0.6) is 0 Å². The fourth-order valence-electron chi connectivity index (χ4n) is 2.48. The van der Waals surface area contributed by atoms with E-state index in [1.165, 1.54) is 11.1 Å². The molecule has 0 unspecified atom stereocenters. The Morgan fingerprint density at radius 3 is 2.53 bits per heavy atom. The second-order valence-corrected chi connectivity index (χ2v) is 5.96. The van der Waals surface area contributed by atoms with Crippen LogP contribution in [0.3, 0.4) is 0 Å². The van der Waals surface area contributed by atoms with Crippen molar-refractivity contribution in [2.24, 2.45) is 0 Å². The van der Waals surface area contributed by atoms with Crippen LogP contribution in [0, 0.1) is 0 Å². The Kier molecular flexibility index (Phi) is 4.97. The summed E-state index contributed by atoms with van der Waals surface area (Å²) >= 11 is 0. The van der Waals surface area contributed by atoms with Crippen molar-refractivity contribution in [3.63, 3.8) is 0 Å². The van der Waals surface area contributed by atoms with E-state index < -0.39 is 0 Å². The first-order valence-electron chi connectivity index (χ1n) is 7.17. The standard InChI is InChI=1S/C16H26N2O/c1-16(2)13-19-11-10-18(16)12-15-6-4-14(5-7-15)8-9-17-3/h4-7,17H,8-13H2,1-3H3. The highest BCUT2D eigenvalue weighted by atomic mass is 16.5. The summed E-state index contributed by atoms with van der Waals surface area (Å²) < 4.78 is 5.57. The van der Waals surface area contributed by atoms with Crippen LogP contribution in [0.4, 0.5) is 0 Å². The Hall–Kier alpha value is -0.900. The van der Waals surface area contributed by atoms with Crippen molar-refractivity contribution in [1.29, 1.82) is 0 Å². The number of nitrogens with one attached hydrogen (secondary N) is 1. The van der Waals surface area contributed by atoms with Gasteiger partial charge < -0.3 is 10.1 Å². The van der Waals surface area contributed by atoms with Gasteiger partial charge in [-0.3, -0.25) is 4.90 Å². The predicted molar refractivity (Wildman–Crippen MR) is 79.4 cm³/mol. The maximum atomic E-state index is 5.57. The highest BCUT2D eigenvalue weighted by Crippen LogP contribution is 2.21. The fourth-order valence-corrected chi connectivity index (χ4v) is 2.48. The van der Waals surface area contributed by atoms with Crippen molar-refractivity contribution in [3.05, 3.63) is 35.4 Å². The van der Waals surface area contributed by atoms with Gasteiger partial charge in [-0.15, -0.1) is 0 Å². The van der Waals surface area contributed by atoms with Gasteiger partial charge in [0, 0.05) is 18.6 Å². The zero-order valence-electron chi connectivity index (χ0n) is 12.4. The van der Waals surface area contributed by atoms with E-state index in [0.717, 1.165) is 39.3 Å². The zero-order valence-corrected chi connectivity index (χ0v) is 12.4. The Morgan fingerprint density at radius 2 is 1.89 bits per heavy atom. The Morgan fingerprint density at radius 1 is 1.21 bits per heavy atom. The average Bonchev–Trinajstić information content (AvgIpc) is 2.40. The number of likely N-dealkylation sites (N-methyl/N-ethyl adjacent to an activating group) is 1. The van der Waals surface area contributed by atoms with E-state index in [9.17, 15) is 0 Å². The lowest BCUT2D eigenvalue weighted by atomic mass is 10.0. The molecule has 0 aromatic heterocycles. The maximum absolute atomic E-state index is 5.57. The minimum absolute atomic E-state index is 0.142. The highest BCUT2D eigenvalue weighted by molar-refractivity contribution is 5.23. The third kappa shape index (κ3) is 4.03. The Labute approximate surface area is 116 Å². The summed E-state index contributed by atoms with van der Waals surface area (Å²) in [6.45, 7) is 9.27. The third-order valence-electron chi connectivity index (χ3n) is 3.88. The summed E-state index contributed by atoms with van der Waals surface area (Å²) in [4.78, 5) is 2.51. The average molecular weight is 262 g/mol.